The van der Waals surface area contributed by atoms with E-state index in [2.05, 4.69) is 65.4 Å². The molecule has 4 aromatic rings. The maximum Gasteiger partial charge on any atom is 0.253 e. The molecule has 138 valence electrons. The molecule has 3 heterocycles. The van der Waals surface area contributed by atoms with Crippen LogP contribution in [-0.2, 0) is 5.41 Å². The number of nitrogens with zero attached hydrogens (tertiary/aromatic N) is 3. The molecule has 2 N–H and O–H groups in total. The first-order valence-corrected chi connectivity index (χ1v) is 9.03. The molecule has 0 saturated carbocycles. The minimum Gasteiger partial charge on any atom is -0.486 e. The van der Waals surface area contributed by atoms with Gasteiger partial charge in [0.05, 0.1) is 11.0 Å². The molecule has 7 nitrogen and oxygen atoms in total. The van der Waals surface area contributed by atoms with Crippen molar-refractivity contribution in [3.8, 4) is 11.5 Å². The van der Waals surface area contributed by atoms with Crippen LogP contribution in [0.25, 0.3) is 16.8 Å². The van der Waals surface area contributed by atoms with Crippen molar-refractivity contribution in [3.05, 3.63) is 42.0 Å². The molecule has 0 spiro atoms. The minimum absolute atomic E-state index is 0.133. The number of ether oxygens (including phenoxy) is 2. The number of hydrogen-bond acceptors (Lipinski definition) is 5. The van der Waals surface area contributed by atoms with E-state index in [0.29, 0.717) is 24.9 Å². The Balaban J connectivity index is 1.48. The number of H-pyrrole nitrogens is 1. The lowest BCUT2D eigenvalue weighted by Gasteiger charge is -2.19. The number of rotatable bonds is 2. The van der Waals surface area contributed by atoms with Gasteiger partial charge in [-0.15, -0.1) is 0 Å². The number of aromatic amines is 1. The third kappa shape index (κ3) is 2.75. The SMILES string of the molecule is CC(C)(C)c1ccc(Nc2nc3nc4cc5c(cc4n3[nH]2)OCCO5)cc1. The maximum absolute atomic E-state index is 5.67. The van der Waals surface area contributed by atoms with Crippen LogP contribution in [0.3, 0.4) is 0 Å². The molecule has 1 aliphatic heterocycles. The molecule has 0 fully saturated rings. The lowest BCUT2D eigenvalue weighted by Crippen LogP contribution is -2.15. The van der Waals surface area contributed by atoms with Gasteiger partial charge in [0.1, 0.15) is 13.2 Å². The van der Waals surface area contributed by atoms with Crippen LogP contribution in [-0.4, -0.2) is 32.8 Å². The van der Waals surface area contributed by atoms with Gasteiger partial charge in [-0.3, -0.25) is 5.10 Å². The van der Waals surface area contributed by atoms with Crippen LogP contribution in [0.4, 0.5) is 11.6 Å². The molecule has 0 saturated heterocycles. The van der Waals surface area contributed by atoms with Gasteiger partial charge in [0, 0.05) is 17.8 Å². The summed E-state index contributed by atoms with van der Waals surface area (Å²) >= 11 is 0. The van der Waals surface area contributed by atoms with Crippen molar-refractivity contribution in [2.24, 2.45) is 0 Å². The van der Waals surface area contributed by atoms with Crippen molar-refractivity contribution in [1.29, 1.82) is 0 Å². The molecule has 7 heteroatoms. The number of hydrogen-bond donors (Lipinski definition) is 2. The molecular weight excluding hydrogens is 342 g/mol. The highest BCUT2D eigenvalue weighted by Gasteiger charge is 2.18. The summed E-state index contributed by atoms with van der Waals surface area (Å²) < 4.78 is 13.1. The standard InChI is InChI=1S/C20H21N5O2/c1-20(2,3)12-4-6-13(7-5-12)21-18-23-19-22-14-10-16-17(27-9-8-26-16)11-15(14)25(19)24-18/h4-7,10-11H,8-9H2,1-3H3,(H2,21,22,23,24). The molecule has 5 rings (SSSR count). The molecule has 0 bridgehead atoms. The van der Waals surface area contributed by atoms with E-state index in [9.17, 15) is 0 Å². The average Bonchev–Trinajstić information content (AvgIpc) is 3.16. The quantitative estimate of drug-likeness (QED) is 0.562. The second kappa shape index (κ2) is 5.64. The van der Waals surface area contributed by atoms with E-state index in [1.54, 1.807) is 0 Å². The van der Waals surface area contributed by atoms with Crippen LogP contribution in [0.15, 0.2) is 36.4 Å². The fourth-order valence-electron chi connectivity index (χ4n) is 3.26. The zero-order valence-corrected chi connectivity index (χ0v) is 15.5. The number of imidazole rings is 1. The molecule has 0 radical (unpaired) electrons. The highest BCUT2D eigenvalue weighted by molar-refractivity contribution is 5.83. The Hall–Kier alpha value is -3.22. The first-order valence-electron chi connectivity index (χ1n) is 9.03. The third-order valence-corrected chi connectivity index (χ3v) is 4.74. The zero-order chi connectivity index (χ0) is 18.6. The van der Waals surface area contributed by atoms with Crippen molar-refractivity contribution in [2.75, 3.05) is 18.5 Å². The molecule has 0 aliphatic carbocycles. The number of fused-ring (bicyclic) bond motifs is 4. The number of benzene rings is 2. The van der Waals surface area contributed by atoms with Gasteiger partial charge >= 0.3 is 0 Å². The Bertz CT molecular complexity index is 1140. The summed E-state index contributed by atoms with van der Waals surface area (Å²) in [5.74, 6) is 2.70. The number of nitrogens with one attached hydrogen (secondary N) is 2. The van der Waals surface area contributed by atoms with Crippen molar-refractivity contribution in [3.63, 3.8) is 0 Å². The lowest BCUT2D eigenvalue weighted by atomic mass is 9.87. The summed E-state index contributed by atoms with van der Waals surface area (Å²) in [6, 6.07) is 12.2. The summed E-state index contributed by atoms with van der Waals surface area (Å²) in [4.78, 5) is 9.12. The Morgan fingerprint density at radius 1 is 1.00 bits per heavy atom. The molecule has 2 aromatic heterocycles. The van der Waals surface area contributed by atoms with Gasteiger partial charge in [-0.25, -0.2) is 9.50 Å². The van der Waals surface area contributed by atoms with Gasteiger partial charge in [-0.1, -0.05) is 32.9 Å². The maximum atomic E-state index is 5.67. The second-order valence-corrected chi connectivity index (χ2v) is 7.76. The zero-order valence-electron chi connectivity index (χ0n) is 15.5. The van der Waals surface area contributed by atoms with Crippen molar-refractivity contribution >= 4 is 28.4 Å². The molecular formula is C20H21N5O2. The number of anilines is 2. The van der Waals surface area contributed by atoms with Crippen LogP contribution in [0.5, 0.6) is 11.5 Å². The molecule has 2 aromatic carbocycles. The largest absolute Gasteiger partial charge is 0.486 e. The highest BCUT2D eigenvalue weighted by Crippen LogP contribution is 2.34. The van der Waals surface area contributed by atoms with Crippen molar-refractivity contribution < 1.29 is 9.47 Å². The normalized spacial score (nSPS) is 14.0. The summed E-state index contributed by atoms with van der Waals surface area (Å²) in [6.07, 6.45) is 0. The monoisotopic (exact) mass is 363 g/mol. The predicted molar refractivity (Wildman–Crippen MR) is 104 cm³/mol. The van der Waals surface area contributed by atoms with E-state index in [-0.39, 0.29) is 5.41 Å². The summed E-state index contributed by atoms with van der Waals surface area (Å²) in [5.41, 5.74) is 4.11. The van der Waals surface area contributed by atoms with Crippen LogP contribution in [0.2, 0.25) is 0 Å². The smallest absolute Gasteiger partial charge is 0.253 e. The van der Waals surface area contributed by atoms with Gasteiger partial charge in [-0.05, 0) is 23.1 Å². The third-order valence-electron chi connectivity index (χ3n) is 4.74. The Labute approximate surface area is 156 Å². The Morgan fingerprint density at radius 2 is 1.70 bits per heavy atom. The Kier molecular flexibility index (Phi) is 3.34. The van der Waals surface area contributed by atoms with Crippen LogP contribution < -0.4 is 14.8 Å². The van der Waals surface area contributed by atoms with Gasteiger partial charge in [0.15, 0.2) is 11.5 Å². The van der Waals surface area contributed by atoms with Crippen LogP contribution in [0, 0.1) is 0 Å². The fourth-order valence-corrected chi connectivity index (χ4v) is 3.26. The van der Waals surface area contributed by atoms with E-state index < -0.39 is 0 Å². The van der Waals surface area contributed by atoms with Crippen molar-refractivity contribution in [2.45, 2.75) is 26.2 Å². The summed E-state index contributed by atoms with van der Waals surface area (Å²) in [7, 11) is 0. The molecule has 0 amide bonds. The van der Waals surface area contributed by atoms with Gasteiger partial charge in [-0.2, -0.15) is 4.98 Å². The van der Waals surface area contributed by atoms with Gasteiger partial charge in [0.2, 0.25) is 5.95 Å². The van der Waals surface area contributed by atoms with Crippen molar-refractivity contribution in [1.82, 2.24) is 19.6 Å². The van der Waals surface area contributed by atoms with Crippen LogP contribution in [0.1, 0.15) is 26.3 Å². The van der Waals surface area contributed by atoms with E-state index in [1.165, 1.54) is 5.56 Å². The summed E-state index contributed by atoms with van der Waals surface area (Å²) in [5, 5.41) is 6.56. The second-order valence-electron chi connectivity index (χ2n) is 7.76. The number of aromatic nitrogens is 4. The van der Waals surface area contributed by atoms with E-state index in [4.69, 9.17) is 9.47 Å². The van der Waals surface area contributed by atoms with E-state index in [0.717, 1.165) is 28.2 Å². The molecule has 0 atom stereocenters. The lowest BCUT2D eigenvalue weighted by molar-refractivity contribution is 0.172. The van der Waals surface area contributed by atoms with E-state index >= 15 is 0 Å². The van der Waals surface area contributed by atoms with Gasteiger partial charge in [0.25, 0.3) is 5.78 Å². The first kappa shape index (κ1) is 16.0. The molecule has 1 aliphatic rings. The first-order chi connectivity index (χ1) is 13.0. The van der Waals surface area contributed by atoms with Gasteiger partial charge < -0.3 is 14.8 Å². The average molecular weight is 363 g/mol. The molecule has 27 heavy (non-hydrogen) atoms. The van der Waals surface area contributed by atoms with Crippen LogP contribution >= 0.6 is 0 Å². The topological polar surface area (TPSA) is 76.5 Å². The fraction of sp³-hybridized carbons (Fsp3) is 0.300. The van der Waals surface area contributed by atoms with E-state index in [1.807, 2.05) is 16.6 Å². The highest BCUT2D eigenvalue weighted by atomic mass is 16.6. The predicted octanol–water partition coefficient (Wildman–Crippen LogP) is 4.02. The summed E-state index contributed by atoms with van der Waals surface area (Å²) in [6.45, 7) is 7.73. The minimum atomic E-state index is 0.133. The molecule has 0 unspecified atom stereocenters. The Morgan fingerprint density at radius 3 is 2.41 bits per heavy atom.